The van der Waals surface area contributed by atoms with Gasteiger partial charge in [-0.3, -0.25) is 14.9 Å². The zero-order chi connectivity index (χ0) is 20.0. The van der Waals surface area contributed by atoms with Crippen LogP contribution in [0.15, 0.2) is 29.2 Å². The number of hydrogen-bond acceptors (Lipinski definition) is 7. The number of benzene rings is 1. The number of amides is 2. The molecule has 148 valence electrons. The first kappa shape index (κ1) is 20.8. The van der Waals surface area contributed by atoms with E-state index in [-0.39, 0.29) is 19.6 Å². The largest absolute Gasteiger partial charge is 0.454 e. The number of nitrogens with zero attached hydrogens (tertiary/aromatic N) is 1. The van der Waals surface area contributed by atoms with E-state index in [1.165, 1.54) is 12.1 Å². The molecular weight excluding hydrogens is 383 g/mol. The van der Waals surface area contributed by atoms with E-state index >= 15 is 0 Å². The number of sulfonamides is 1. The third kappa shape index (κ3) is 5.01. The van der Waals surface area contributed by atoms with Crippen LogP contribution in [-0.2, 0) is 29.1 Å². The summed E-state index contributed by atoms with van der Waals surface area (Å²) >= 11 is 0. The van der Waals surface area contributed by atoms with Gasteiger partial charge in [0.05, 0.1) is 6.61 Å². The maximum atomic E-state index is 13.9. The van der Waals surface area contributed by atoms with Crippen molar-refractivity contribution < 1.29 is 36.7 Å². The lowest BCUT2D eigenvalue weighted by Gasteiger charge is -2.22. The zero-order valence-electron chi connectivity index (χ0n) is 14.5. The van der Waals surface area contributed by atoms with Gasteiger partial charge in [0.1, 0.15) is 16.8 Å². The Bertz CT molecular complexity index is 828. The summed E-state index contributed by atoms with van der Waals surface area (Å²) < 4.78 is 49.4. The molecule has 0 aromatic heterocycles. The number of alkyl carbamates (subject to hydrolysis) is 1. The molecule has 1 N–H and O–H groups in total. The van der Waals surface area contributed by atoms with Crippen LogP contribution < -0.4 is 5.32 Å². The molecule has 11 heteroatoms. The molecule has 1 aliphatic heterocycles. The molecule has 0 bridgehead atoms. The second-order valence-electron chi connectivity index (χ2n) is 5.58. The number of carbonyl (C=O) groups excluding carboxylic acids is 3. The van der Waals surface area contributed by atoms with Gasteiger partial charge in [0.2, 0.25) is 10.0 Å². The molecule has 1 fully saturated rings. The summed E-state index contributed by atoms with van der Waals surface area (Å²) in [5.74, 6) is -2.79. The quantitative estimate of drug-likeness (QED) is 0.699. The highest BCUT2D eigenvalue weighted by Gasteiger charge is 2.41. The first-order chi connectivity index (χ1) is 12.8. The summed E-state index contributed by atoms with van der Waals surface area (Å²) in [7, 11) is -4.25. The van der Waals surface area contributed by atoms with E-state index in [1.54, 1.807) is 6.92 Å². The molecule has 0 saturated carbocycles. The van der Waals surface area contributed by atoms with E-state index in [0.29, 0.717) is 6.42 Å². The smallest absolute Gasteiger partial charge is 0.413 e. The van der Waals surface area contributed by atoms with Gasteiger partial charge < -0.3 is 9.47 Å². The van der Waals surface area contributed by atoms with E-state index in [4.69, 9.17) is 4.74 Å². The van der Waals surface area contributed by atoms with Crippen molar-refractivity contribution >= 4 is 28.0 Å². The molecule has 1 atom stereocenters. The minimum absolute atomic E-state index is 0.0193. The average Bonchev–Trinajstić information content (AvgIpc) is 3.11. The third-order valence-electron chi connectivity index (χ3n) is 3.76. The SMILES string of the molecule is CCOC(=O)NC(=O)COC(=O)[C@@H]1CCCN1S(=O)(=O)c1ccccc1F. The third-order valence-corrected chi connectivity index (χ3v) is 5.70. The van der Waals surface area contributed by atoms with Gasteiger partial charge in [0.25, 0.3) is 5.91 Å². The van der Waals surface area contributed by atoms with Crippen molar-refractivity contribution in [2.45, 2.75) is 30.7 Å². The number of ether oxygens (including phenoxy) is 2. The second kappa shape index (κ2) is 8.91. The zero-order valence-corrected chi connectivity index (χ0v) is 15.3. The summed E-state index contributed by atoms with van der Waals surface area (Å²) in [5, 5.41) is 1.84. The molecule has 1 saturated heterocycles. The Labute approximate surface area is 155 Å². The Balaban J connectivity index is 2.03. The number of esters is 1. The first-order valence-corrected chi connectivity index (χ1v) is 9.61. The molecule has 0 aliphatic carbocycles. The number of carbonyl (C=O) groups is 3. The van der Waals surface area contributed by atoms with Crippen LogP contribution in [-0.4, -0.2) is 56.5 Å². The molecule has 1 aromatic rings. The highest BCUT2D eigenvalue weighted by Crippen LogP contribution is 2.28. The maximum Gasteiger partial charge on any atom is 0.413 e. The number of halogens is 1. The van der Waals surface area contributed by atoms with Crippen molar-refractivity contribution in [3.8, 4) is 0 Å². The molecule has 2 rings (SSSR count). The molecule has 1 aliphatic rings. The Morgan fingerprint density at radius 1 is 1.26 bits per heavy atom. The van der Waals surface area contributed by atoms with Crippen molar-refractivity contribution in [1.82, 2.24) is 9.62 Å². The minimum Gasteiger partial charge on any atom is -0.454 e. The van der Waals surface area contributed by atoms with Gasteiger partial charge in [-0.2, -0.15) is 4.31 Å². The van der Waals surface area contributed by atoms with Crippen LogP contribution in [0, 0.1) is 5.82 Å². The van der Waals surface area contributed by atoms with Gasteiger partial charge in [-0.05, 0) is 31.9 Å². The van der Waals surface area contributed by atoms with Gasteiger partial charge in [-0.25, -0.2) is 17.6 Å². The summed E-state index contributed by atoms with van der Waals surface area (Å²) in [5.41, 5.74) is 0. The van der Waals surface area contributed by atoms with Crippen molar-refractivity contribution in [2.75, 3.05) is 19.8 Å². The molecule has 0 spiro atoms. The monoisotopic (exact) mass is 402 g/mol. The van der Waals surface area contributed by atoms with Crippen molar-refractivity contribution in [3.05, 3.63) is 30.1 Å². The highest BCUT2D eigenvalue weighted by atomic mass is 32.2. The van der Waals surface area contributed by atoms with Crippen molar-refractivity contribution in [1.29, 1.82) is 0 Å². The van der Waals surface area contributed by atoms with Gasteiger partial charge in [0.15, 0.2) is 6.61 Å². The van der Waals surface area contributed by atoms with E-state index in [0.717, 1.165) is 16.4 Å². The van der Waals surface area contributed by atoms with Gasteiger partial charge in [-0.15, -0.1) is 0 Å². The molecule has 1 aromatic carbocycles. The second-order valence-corrected chi connectivity index (χ2v) is 7.44. The van der Waals surface area contributed by atoms with Crippen molar-refractivity contribution in [2.24, 2.45) is 0 Å². The molecular formula is C16H19FN2O7S. The van der Waals surface area contributed by atoms with Crippen molar-refractivity contribution in [3.63, 3.8) is 0 Å². The minimum atomic E-state index is -4.25. The fourth-order valence-electron chi connectivity index (χ4n) is 2.59. The van der Waals surface area contributed by atoms with Gasteiger partial charge >= 0.3 is 12.1 Å². The van der Waals surface area contributed by atoms with Crippen LogP contribution in [0.25, 0.3) is 0 Å². The Hall–Kier alpha value is -2.53. The van der Waals surface area contributed by atoms with E-state index < -0.39 is 51.4 Å². The first-order valence-electron chi connectivity index (χ1n) is 8.17. The molecule has 9 nitrogen and oxygen atoms in total. The van der Waals surface area contributed by atoms with Crippen LogP contribution in [0.3, 0.4) is 0 Å². The maximum absolute atomic E-state index is 13.9. The summed E-state index contributed by atoms with van der Waals surface area (Å²) in [4.78, 5) is 34.3. The predicted molar refractivity (Wildman–Crippen MR) is 89.4 cm³/mol. The van der Waals surface area contributed by atoms with Gasteiger partial charge in [-0.1, -0.05) is 12.1 Å². The van der Waals surface area contributed by atoms with E-state index in [1.807, 2.05) is 5.32 Å². The van der Waals surface area contributed by atoms with Crippen LogP contribution >= 0.6 is 0 Å². The normalized spacial score (nSPS) is 17.3. The summed E-state index contributed by atoms with van der Waals surface area (Å²) in [6.07, 6.45) is -0.433. The number of hydrogen-bond donors (Lipinski definition) is 1. The number of nitrogens with one attached hydrogen (secondary N) is 1. The van der Waals surface area contributed by atoms with Gasteiger partial charge in [0, 0.05) is 6.54 Å². The molecule has 2 amide bonds. The molecule has 0 radical (unpaired) electrons. The van der Waals surface area contributed by atoms with Crippen LogP contribution in [0.1, 0.15) is 19.8 Å². The van der Waals surface area contributed by atoms with Crippen LogP contribution in [0.5, 0.6) is 0 Å². The topological polar surface area (TPSA) is 119 Å². The lowest BCUT2D eigenvalue weighted by Crippen LogP contribution is -2.43. The van der Waals surface area contributed by atoms with Crippen LogP contribution in [0.2, 0.25) is 0 Å². The fourth-order valence-corrected chi connectivity index (χ4v) is 4.31. The lowest BCUT2D eigenvalue weighted by atomic mass is 10.2. The summed E-state index contributed by atoms with van der Waals surface area (Å²) in [6.45, 7) is 0.853. The Morgan fingerprint density at radius 3 is 2.63 bits per heavy atom. The molecule has 27 heavy (non-hydrogen) atoms. The Morgan fingerprint density at radius 2 is 1.96 bits per heavy atom. The highest BCUT2D eigenvalue weighted by molar-refractivity contribution is 7.89. The standard InChI is InChI=1S/C16H19FN2O7S/c1-2-25-16(22)18-14(20)10-26-15(21)12-7-5-9-19(12)27(23,24)13-8-4-3-6-11(13)17/h3-4,6,8,12H,2,5,7,9-10H2,1H3,(H,18,20,22)/t12-/m0/s1. The fraction of sp³-hybridized carbons (Fsp3) is 0.438. The number of imide groups is 1. The van der Waals surface area contributed by atoms with E-state index in [2.05, 4.69) is 4.74 Å². The average molecular weight is 402 g/mol. The summed E-state index contributed by atoms with van der Waals surface area (Å²) in [6, 6.07) is 3.67. The predicted octanol–water partition coefficient (Wildman–Crippen LogP) is 0.795. The molecule has 0 unspecified atom stereocenters. The Kier molecular flexibility index (Phi) is 6.86. The number of rotatable bonds is 6. The lowest BCUT2D eigenvalue weighted by molar-refractivity contribution is -0.151. The van der Waals surface area contributed by atoms with E-state index in [9.17, 15) is 27.2 Å². The molecule has 1 heterocycles. The van der Waals surface area contributed by atoms with Crippen LogP contribution in [0.4, 0.5) is 9.18 Å².